The fourth-order valence-electron chi connectivity index (χ4n) is 3.79. The average molecular weight is 532 g/mol. The topological polar surface area (TPSA) is 74.0 Å². The zero-order valence-corrected chi connectivity index (χ0v) is 21.4. The molecule has 0 saturated heterocycles. The molecule has 0 radical (unpaired) electrons. The van der Waals surface area contributed by atoms with E-state index in [1.54, 1.807) is 39.8 Å². The third-order valence-electron chi connectivity index (χ3n) is 5.74. The van der Waals surface area contributed by atoms with Crippen molar-refractivity contribution in [2.75, 3.05) is 5.32 Å². The lowest BCUT2D eigenvalue weighted by Gasteiger charge is -2.07. The van der Waals surface area contributed by atoms with Gasteiger partial charge in [0.2, 0.25) is 0 Å². The summed E-state index contributed by atoms with van der Waals surface area (Å²) < 4.78 is 9.17. The summed E-state index contributed by atoms with van der Waals surface area (Å²) in [5, 5.41) is 12.6. The van der Waals surface area contributed by atoms with Gasteiger partial charge in [0.15, 0.2) is 18.2 Å². The summed E-state index contributed by atoms with van der Waals surface area (Å²) in [7, 11) is 0. The van der Waals surface area contributed by atoms with Crippen LogP contribution in [0.1, 0.15) is 21.7 Å². The van der Waals surface area contributed by atoms with Gasteiger partial charge in [-0.25, -0.2) is 4.68 Å². The molecule has 1 amide bonds. The van der Waals surface area contributed by atoms with Crippen LogP contribution in [0.25, 0.3) is 11.1 Å². The molecule has 0 bridgehead atoms. The normalized spacial score (nSPS) is 10.9. The molecule has 2 heterocycles. The van der Waals surface area contributed by atoms with Crippen molar-refractivity contribution in [1.82, 2.24) is 19.6 Å². The van der Waals surface area contributed by atoms with Crippen molar-refractivity contribution in [3.8, 4) is 16.9 Å². The third kappa shape index (κ3) is 6.02. The smallest absolute Gasteiger partial charge is 0.277 e. The number of aryl methyl sites for hydroxylation is 1. The van der Waals surface area contributed by atoms with E-state index in [1.165, 1.54) is 0 Å². The van der Waals surface area contributed by atoms with Gasteiger partial charge in [-0.2, -0.15) is 10.2 Å². The van der Waals surface area contributed by atoms with E-state index in [4.69, 9.17) is 27.9 Å². The molecule has 2 aromatic heterocycles. The van der Waals surface area contributed by atoms with Gasteiger partial charge < -0.3 is 10.1 Å². The van der Waals surface area contributed by atoms with Crippen molar-refractivity contribution < 1.29 is 9.53 Å². The Kier molecular flexibility index (Phi) is 7.25. The van der Waals surface area contributed by atoms with Crippen molar-refractivity contribution in [3.05, 3.63) is 118 Å². The van der Waals surface area contributed by atoms with Gasteiger partial charge in [0.1, 0.15) is 5.75 Å². The van der Waals surface area contributed by atoms with Crippen LogP contribution in [0.3, 0.4) is 0 Å². The molecular weight excluding hydrogens is 509 g/mol. The standard InChI is InChI=1S/C28H23Cl2N5O2/c1-19-15-27(33-35(19)17-20-7-12-24(29)25(30)16-20)31-28(36)26-13-14-34(32-26)18-37-23-10-8-22(9-11-23)21-5-3-2-4-6-21/h2-16H,17-18H2,1H3,(H,31,33,36). The molecule has 0 fully saturated rings. The third-order valence-corrected chi connectivity index (χ3v) is 6.48. The van der Waals surface area contributed by atoms with Gasteiger partial charge in [-0.1, -0.05) is 71.7 Å². The average Bonchev–Trinajstić information content (AvgIpc) is 3.52. The highest BCUT2D eigenvalue weighted by atomic mass is 35.5. The molecule has 0 aliphatic rings. The van der Waals surface area contributed by atoms with Gasteiger partial charge >= 0.3 is 0 Å². The van der Waals surface area contributed by atoms with E-state index in [9.17, 15) is 4.79 Å². The number of anilines is 1. The number of nitrogens with one attached hydrogen (secondary N) is 1. The zero-order chi connectivity index (χ0) is 25.8. The molecule has 1 N–H and O–H groups in total. The molecule has 37 heavy (non-hydrogen) atoms. The number of aromatic nitrogens is 4. The Morgan fingerprint density at radius 3 is 2.41 bits per heavy atom. The van der Waals surface area contributed by atoms with E-state index in [-0.39, 0.29) is 18.3 Å². The number of carbonyl (C=O) groups excluding carboxylic acids is 1. The van der Waals surface area contributed by atoms with Gasteiger partial charge in [-0.15, -0.1) is 0 Å². The predicted octanol–water partition coefficient (Wildman–Crippen LogP) is 6.70. The Hall–Kier alpha value is -4.07. The van der Waals surface area contributed by atoms with E-state index < -0.39 is 0 Å². The lowest BCUT2D eigenvalue weighted by Crippen LogP contribution is -2.15. The first-order valence-electron chi connectivity index (χ1n) is 11.6. The van der Waals surface area contributed by atoms with E-state index in [2.05, 4.69) is 27.6 Å². The highest BCUT2D eigenvalue weighted by Crippen LogP contribution is 2.24. The number of benzene rings is 3. The molecule has 0 unspecified atom stereocenters. The number of carbonyl (C=O) groups is 1. The second-order valence-corrected chi connectivity index (χ2v) is 9.25. The van der Waals surface area contributed by atoms with Crippen LogP contribution >= 0.6 is 23.2 Å². The number of halogens is 2. The molecule has 0 aliphatic heterocycles. The minimum atomic E-state index is -0.356. The molecule has 186 valence electrons. The predicted molar refractivity (Wildman–Crippen MR) is 145 cm³/mol. The van der Waals surface area contributed by atoms with Gasteiger partial charge in [-0.3, -0.25) is 9.48 Å². The quantitative estimate of drug-likeness (QED) is 0.241. The molecule has 3 aromatic carbocycles. The van der Waals surface area contributed by atoms with Crippen LogP contribution in [0.4, 0.5) is 5.82 Å². The Labute approximate surface area is 224 Å². The van der Waals surface area contributed by atoms with E-state index in [1.807, 2.05) is 55.5 Å². The SMILES string of the molecule is Cc1cc(NC(=O)c2ccn(COc3ccc(-c4ccccc4)cc3)n2)nn1Cc1ccc(Cl)c(Cl)c1. The first-order chi connectivity index (χ1) is 17.9. The minimum absolute atomic E-state index is 0.176. The number of amides is 1. The fraction of sp³-hybridized carbons (Fsp3) is 0.107. The monoisotopic (exact) mass is 531 g/mol. The summed E-state index contributed by atoms with van der Waals surface area (Å²) in [6.07, 6.45) is 1.70. The van der Waals surface area contributed by atoms with Crippen LogP contribution in [0.15, 0.2) is 91.1 Å². The Morgan fingerprint density at radius 1 is 0.892 bits per heavy atom. The highest BCUT2D eigenvalue weighted by molar-refractivity contribution is 6.42. The zero-order valence-electron chi connectivity index (χ0n) is 19.9. The molecule has 0 spiro atoms. The van der Waals surface area contributed by atoms with Crippen LogP contribution < -0.4 is 10.1 Å². The summed E-state index contributed by atoms with van der Waals surface area (Å²) in [6.45, 7) is 2.59. The van der Waals surface area contributed by atoms with Crippen molar-refractivity contribution in [3.63, 3.8) is 0 Å². The van der Waals surface area contributed by atoms with Crippen LogP contribution in [0.5, 0.6) is 5.75 Å². The lowest BCUT2D eigenvalue weighted by molar-refractivity contribution is 0.101. The number of hydrogen-bond acceptors (Lipinski definition) is 4. The first-order valence-corrected chi connectivity index (χ1v) is 12.3. The number of hydrogen-bond donors (Lipinski definition) is 1. The molecule has 5 aromatic rings. The van der Waals surface area contributed by atoms with Crippen LogP contribution in [0.2, 0.25) is 10.0 Å². The molecular formula is C28H23Cl2N5O2. The van der Waals surface area contributed by atoms with Gasteiger partial charge in [0.05, 0.1) is 16.6 Å². The maximum absolute atomic E-state index is 12.7. The Bertz CT molecular complexity index is 1530. The molecule has 0 atom stereocenters. The Morgan fingerprint density at radius 2 is 1.65 bits per heavy atom. The van der Waals surface area contributed by atoms with E-state index >= 15 is 0 Å². The molecule has 0 saturated carbocycles. The van der Waals surface area contributed by atoms with Crippen molar-refractivity contribution in [2.24, 2.45) is 0 Å². The van der Waals surface area contributed by atoms with Gasteiger partial charge in [0.25, 0.3) is 5.91 Å². The number of rotatable bonds is 8. The number of ether oxygens (including phenoxy) is 1. The second-order valence-electron chi connectivity index (χ2n) is 8.44. The molecule has 9 heteroatoms. The summed E-state index contributed by atoms with van der Waals surface area (Å²) in [5.74, 6) is 0.793. The maximum atomic E-state index is 12.7. The van der Waals surface area contributed by atoms with Gasteiger partial charge in [-0.05, 0) is 53.9 Å². The summed E-state index contributed by atoms with van der Waals surface area (Å²) in [6, 6.07) is 26.9. The first kappa shape index (κ1) is 24.6. The fourth-order valence-corrected chi connectivity index (χ4v) is 4.11. The summed E-state index contributed by atoms with van der Waals surface area (Å²) >= 11 is 12.1. The Balaban J connectivity index is 1.17. The van der Waals surface area contributed by atoms with Crippen molar-refractivity contribution in [2.45, 2.75) is 20.2 Å². The summed E-state index contributed by atoms with van der Waals surface area (Å²) in [4.78, 5) is 12.7. The highest BCUT2D eigenvalue weighted by Gasteiger charge is 2.13. The van der Waals surface area contributed by atoms with Crippen LogP contribution in [-0.2, 0) is 13.3 Å². The van der Waals surface area contributed by atoms with Crippen LogP contribution in [-0.4, -0.2) is 25.5 Å². The van der Waals surface area contributed by atoms with Crippen LogP contribution in [0, 0.1) is 6.92 Å². The maximum Gasteiger partial charge on any atom is 0.277 e. The molecule has 0 aliphatic carbocycles. The summed E-state index contributed by atoms with van der Waals surface area (Å²) in [5.41, 5.74) is 4.36. The molecule has 5 rings (SSSR count). The largest absolute Gasteiger partial charge is 0.471 e. The number of nitrogens with zero attached hydrogens (tertiary/aromatic N) is 4. The minimum Gasteiger partial charge on any atom is -0.471 e. The van der Waals surface area contributed by atoms with E-state index in [0.29, 0.717) is 28.2 Å². The van der Waals surface area contributed by atoms with Crippen molar-refractivity contribution in [1.29, 1.82) is 0 Å². The van der Waals surface area contributed by atoms with Gasteiger partial charge in [0, 0.05) is 18.0 Å². The lowest BCUT2D eigenvalue weighted by atomic mass is 10.1. The second kappa shape index (κ2) is 10.9. The molecule has 7 nitrogen and oxygen atoms in total. The van der Waals surface area contributed by atoms with Crippen molar-refractivity contribution >= 4 is 34.9 Å². The van der Waals surface area contributed by atoms with E-state index in [0.717, 1.165) is 22.4 Å².